The molecular weight excluding hydrogens is 226 g/mol. The number of nitrogens with two attached hydrogens (primary N) is 1. The molecule has 1 rings (SSSR count). The van der Waals surface area contributed by atoms with Crippen LogP contribution < -0.4 is 10.5 Å². The quantitative estimate of drug-likeness (QED) is 0.788. The molecule has 1 unspecified atom stereocenters. The summed E-state index contributed by atoms with van der Waals surface area (Å²) < 4.78 is 5.65. The van der Waals surface area contributed by atoms with E-state index in [0.717, 1.165) is 0 Å². The van der Waals surface area contributed by atoms with E-state index in [1.54, 1.807) is 6.07 Å². The van der Waals surface area contributed by atoms with E-state index in [1.165, 1.54) is 0 Å². The van der Waals surface area contributed by atoms with Gasteiger partial charge in [-0.3, -0.25) is 4.79 Å². The Bertz CT molecular complexity index is 399. The third-order valence-electron chi connectivity index (χ3n) is 2.58. The predicted molar refractivity (Wildman–Crippen MR) is 74.0 cm³/mol. The van der Waals surface area contributed by atoms with Gasteiger partial charge in [0.1, 0.15) is 5.75 Å². The van der Waals surface area contributed by atoms with Gasteiger partial charge < -0.3 is 10.5 Å². The normalized spacial score (nSPS) is 12.8. The van der Waals surface area contributed by atoms with Crippen LogP contribution in [0, 0.1) is 5.92 Å². The zero-order valence-electron chi connectivity index (χ0n) is 11.6. The second kappa shape index (κ2) is 6.55. The van der Waals surface area contributed by atoms with Crippen molar-refractivity contribution in [2.45, 2.75) is 46.3 Å². The standard InChI is InChI=1S/C15H23NO2/c1-10(2)9-13(16)15(17)12-7-5-6-8-14(12)18-11(3)4/h5-8,10-11,13H,9,16H2,1-4H3. The molecule has 0 aliphatic rings. The number of carbonyl (C=O) groups excluding carboxylic acids is 1. The van der Waals surface area contributed by atoms with Crippen LogP contribution in [0.15, 0.2) is 24.3 Å². The van der Waals surface area contributed by atoms with Crippen LogP contribution in [-0.2, 0) is 0 Å². The van der Waals surface area contributed by atoms with Crippen molar-refractivity contribution >= 4 is 5.78 Å². The van der Waals surface area contributed by atoms with Gasteiger partial charge in [-0.1, -0.05) is 26.0 Å². The van der Waals surface area contributed by atoms with Gasteiger partial charge in [-0.15, -0.1) is 0 Å². The molecule has 0 aromatic heterocycles. The van der Waals surface area contributed by atoms with Gasteiger partial charge in [-0.25, -0.2) is 0 Å². The maximum absolute atomic E-state index is 12.3. The molecule has 0 bridgehead atoms. The minimum Gasteiger partial charge on any atom is -0.490 e. The van der Waals surface area contributed by atoms with Crippen LogP contribution in [0.5, 0.6) is 5.75 Å². The molecule has 100 valence electrons. The summed E-state index contributed by atoms with van der Waals surface area (Å²) in [7, 11) is 0. The van der Waals surface area contributed by atoms with Gasteiger partial charge in [-0.2, -0.15) is 0 Å². The second-order valence-electron chi connectivity index (χ2n) is 5.26. The Labute approximate surface area is 109 Å². The molecule has 0 fully saturated rings. The molecule has 0 aliphatic heterocycles. The Hall–Kier alpha value is -1.35. The van der Waals surface area contributed by atoms with Gasteiger partial charge in [0, 0.05) is 0 Å². The molecule has 0 heterocycles. The Morgan fingerprint density at radius 2 is 1.83 bits per heavy atom. The van der Waals surface area contributed by atoms with Gasteiger partial charge in [0.15, 0.2) is 5.78 Å². The summed E-state index contributed by atoms with van der Waals surface area (Å²) in [5.74, 6) is 0.985. The first-order chi connectivity index (χ1) is 8.41. The summed E-state index contributed by atoms with van der Waals surface area (Å²) >= 11 is 0. The van der Waals surface area contributed by atoms with Crippen molar-refractivity contribution in [3.05, 3.63) is 29.8 Å². The van der Waals surface area contributed by atoms with Crippen molar-refractivity contribution in [1.82, 2.24) is 0 Å². The Kier molecular flexibility index (Phi) is 5.35. The topological polar surface area (TPSA) is 52.3 Å². The first-order valence-corrected chi connectivity index (χ1v) is 6.47. The van der Waals surface area contributed by atoms with Gasteiger partial charge >= 0.3 is 0 Å². The zero-order chi connectivity index (χ0) is 13.7. The lowest BCUT2D eigenvalue weighted by Crippen LogP contribution is -2.32. The molecule has 18 heavy (non-hydrogen) atoms. The van der Waals surface area contributed by atoms with E-state index >= 15 is 0 Å². The molecule has 1 aromatic carbocycles. The van der Waals surface area contributed by atoms with Crippen LogP contribution in [0.1, 0.15) is 44.5 Å². The Morgan fingerprint density at radius 3 is 2.39 bits per heavy atom. The molecule has 0 saturated carbocycles. The maximum Gasteiger partial charge on any atom is 0.183 e. The molecule has 1 aromatic rings. The summed E-state index contributed by atoms with van der Waals surface area (Å²) in [6.45, 7) is 8.00. The summed E-state index contributed by atoms with van der Waals surface area (Å²) in [6.07, 6.45) is 0.731. The molecule has 2 N–H and O–H groups in total. The predicted octanol–water partition coefficient (Wildman–Crippen LogP) is 3.03. The van der Waals surface area contributed by atoms with Gasteiger partial charge in [0.05, 0.1) is 17.7 Å². The third kappa shape index (κ3) is 4.15. The largest absolute Gasteiger partial charge is 0.490 e. The summed E-state index contributed by atoms with van der Waals surface area (Å²) in [4.78, 5) is 12.3. The average Bonchev–Trinajstić information content (AvgIpc) is 2.27. The van der Waals surface area contributed by atoms with Crippen molar-refractivity contribution in [2.24, 2.45) is 11.7 Å². The summed E-state index contributed by atoms with van der Waals surface area (Å²) in [5.41, 5.74) is 6.53. The van der Waals surface area contributed by atoms with E-state index in [1.807, 2.05) is 32.0 Å². The van der Waals surface area contributed by atoms with E-state index in [0.29, 0.717) is 23.7 Å². The van der Waals surface area contributed by atoms with E-state index in [-0.39, 0.29) is 11.9 Å². The van der Waals surface area contributed by atoms with Gasteiger partial charge in [-0.05, 0) is 38.3 Å². The number of hydrogen-bond donors (Lipinski definition) is 1. The minimum atomic E-state index is -0.457. The first kappa shape index (κ1) is 14.7. The number of ether oxygens (including phenoxy) is 1. The minimum absolute atomic E-state index is 0.0417. The van der Waals surface area contributed by atoms with Crippen LogP contribution >= 0.6 is 0 Å². The lowest BCUT2D eigenvalue weighted by molar-refractivity contribution is 0.0945. The fourth-order valence-electron chi connectivity index (χ4n) is 1.84. The Morgan fingerprint density at radius 1 is 1.22 bits per heavy atom. The van der Waals surface area contributed by atoms with Crippen molar-refractivity contribution in [3.8, 4) is 5.75 Å². The number of rotatable bonds is 6. The SMILES string of the molecule is CC(C)CC(N)C(=O)c1ccccc1OC(C)C. The summed E-state index contributed by atoms with van der Waals surface area (Å²) in [6, 6.07) is 6.84. The molecule has 3 nitrogen and oxygen atoms in total. The lowest BCUT2D eigenvalue weighted by atomic mass is 9.96. The highest BCUT2D eigenvalue weighted by molar-refractivity contribution is 6.02. The second-order valence-corrected chi connectivity index (χ2v) is 5.26. The van der Waals surface area contributed by atoms with Crippen molar-refractivity contribution in [3.63, 3.8) is 0 Å². The highest BCUT2D eigenvalue weighted by atomic mass is 16.5. The molecule has 0 amide bonds. The van der Waals surface area contributed by atoms with Gasteiger partial charge in [0.2, 0.25) is 0 Å². The van der Waals surface area contributed by atoms with Crippen molar-refractivity contribution < 1.29 is 9.53 Å². The fraction of sp³-hybridized carbons (Fsp3) is 0.533. The highest BCUT2D eigenvalue weighted by Crippen LogP contribution is 2.22. The number of ketones is 1. The molecule has 3 heteroatoms. The van der Waals surface area contributed by atoms with Gasteiger partial charge in [0.25, 0.3) is 0 Å². The van der Waals surface area contributed by atoms with Crippen molar-refractivity contribution in [2.75, 3.05) is 0 Å². The van der Waals surface area contributed by atoms with E-state index in [2.05, 4.69) is 13.8 Å². The number of benzene rings is 1. The number of carbonyl (C=O) groups is 1. The van der Waals surface area contributed by atoms with Crippen LogP contribution in [0.2, 0.25) is 0 Å². The van der Waals surface area contributed by atoms with Crippen LogP contribution in [0.4, 0.5) is 0 Å². The van der Waals surface area contributed by atoms with Crippen LogP contribution in [-0.4, -0.2) is 17.9 Å². The van der Waals surface area contributed by atoms with E-state index in [4.69, 9.17) is 10.5 Å². The first-order valence-electron chi connectivity index (χ1n) is 6.47. The molecule has 0 radical (unpaired) electrons. The number of hydrogen-bond acceptors (Lipinski definition) is 3. The number of Topliss-reactive ketones (excluding diaryl/α,β-unsaturated/α-hetero) is 1. The molecule has 0 saturated heterocycles. The fourth-order valence-corrected chi connectivity index (χ4v) is 1.84. The average molecular weight is 249 g/mol. The third-order valence-corrected chi connectivity index (χ3v) is 2.58. The monoisotopic (exact) mass is 249 g/mol. The maximum atomic E-state index is 12.3. The molecular formula is C15H23NO2. The smallest absolute Gasteiger partial charge is 0.183 e. The molecule has 1 atom stereocenters. The Balaban J connectivity index is 2.91. The summed E-state index contributed by atoms with van der Waals surface area (Å²) in [5, 5.41) is 0. The van der Waals surface area contributed by atoms with Crippen LogP contribution in [0.3, 0.4) is 0 Å². The van der Waals surface area contributed by atoms with E-state index < -0.39 is 6.04 Å². The number of para-hydroxylation sites is 1. The van der Waals surface area contributed by atoms with E-state index in [9.17, 15) is 4.79 Å². The zero-order valence-corrected chi connectivity index (χ0v) is 11.6. The lowest BCUT2D eigenvalue weighted by Gasteiger charge is -2.17. The van der Waals surface area contributed by atoms with Crippen molar-refractivity contribution in [1.29, 1.82) is 0 Å². The molecule has 0 aliphatic carbocycles. The molecule has 0 spiro atoms. The highest BCUT2D eigenvalue weighted by Gasteiger charge is 2.20. The van der Waals surface area contributed by atoms with Crippen LogP contribution in [0.25, 0.3) is 0 Å².